The molecule has 1 aromatic carbocycles. The molecule has 1 saturated heterocycles. The molecule has 4 rings (SSSR count). The van der Waals surface area contributed by atoms with E-state index in [0.29, 0.717) is 11.8 Å². The van der Waals surface area contributed by atoms with Crippen molar-refractivity contribution >= 4 is 29.9 Å². The van der Waals surface area contributed by atoms with Crippen molar-refractivity contribution in [3.05, 3.63) is 53.3 Å². The number of fused-ring (bicyclic) bond motifs is 1. The molecule has 0 amide bonds. The number of nitrogens with zero attached hydrogens (tertiary/aromatic N) is 4. The lowest BCUT2D eigenvalue weighted by Gasteiger charge is -2.29. The Morgan fingerprint density at radius 1 is 1.35 bits per heavy atom. The van der Waals surface area contributed by atoms with E-state index in [-0.39, 0.29) is 24.0 Å². The Hall–Kier alpha value is -1.57. The fraction of sp³-hybridized carbons (Fsp3) is 0.500. The second-order valence-corrected chi connectivity index (χ2v) is 7.17. The van der Waals surface area contributed by atoms with Crippen LogP contribution in [0.15, 0.2) is 41.7 Å². The number of benzene rings is 1. The zero-order chi connectivity index (χ0) is 17.2. The molecule has 1 aromatic heterocycles. The molecule has 5 nitrogen and oxygen atoms in total. The van der Waals surface area contributed by atoms with Crippen molar-refractivity contribution in [2.24, 2.45) is 12.0 Å². The Labute approximate surface area is 172 Å². The summed E-state index contributed by atoms with van der Waals surface area (Å²) in [5.74, 6) is 2.21. The lowest BCUT2D eigenvalue weighted by Crippen LogP contribution is -2.40. The highest BCUT2D eigenvalue weighted by Gasteiger charge is 2.28. The van der Waals surface area contributed by atoms with Crippen molar-refractivity contribution in [1.29, 1.82) is 0 Å². The summed E-state index contributed by atoms with van der Waals surface area (Å²) in [6, 6.07) is 8.75. The van der Waals surface area contributed by atoms with Gasteiger partial charge in [-0.3, -0.25) is 9.67 Å². The first kappa shape index (κ1) is 19.2. The van der Waals surface area contributed by atoms with Gasteiger partial charge in [-0.05, 0) is 36.5 Å². The number of likely N-dealkylation sites (tertiary alicyclic amines) is 1. The van der Waals surface area contributed by atoms with Gasteiger partial charge in [-0.25, -0.2) is 0 Å². The molecule has 2 aromatic rings. The van der Waals surface area contributed by atoms with Crippen molar-refractivity contribution in [3.8, 4) is 0 Å². The van der Waals surface area contributed by atoms with Crippen LogP contribution in [0.4, 0.5) is 0 Å². The van der Waals surface area contributed by atoms with Crippen molar-refractivity contribution in [1.82, 2.24) is 20.0 Å². The summed E-state index contributed by atoms with van der Waals surface area (Å²) < 4.78 is 1.89. The molecule has 2 heterocycles. The summed E-state index contributed by atoms with van der Waals surface area (Å²) in [6.45, 7) is 6.02. The summed E-state index contributed by atoms with van der Waals surface area (Å²) in [7, 11) is 1.98. The van der Waals surface area contributed by atoms with Gasteiger partial charge in [-0.15, -0.1) is 24.0 Å². The highest BCUT2D eigenvalue weighted by molar-refractivity contribution is 14.0. The molecule has 0 saturated carbocycles. The number of hydrogen-bond donors (Lipinski definition) is 1. The van der Waals surface area contributed by atoms with Gasteiger partial charge in [0.2, 0.25) is 0 Å². The van der Waals surface area contributed by atoms with E-state index < -0.39 is 0 Å². The lowest BCUT2D eigenvalue weighted by molar-refractivity contribution is 0.482. The molecule has 1 aliphatic carbocycles. The van der Waals surface area contributed by atoms with Crippen LogP contribution in [0.5, 0.6) is 0 Å². The number of guanidine groups is 1. The molecular weight excluding hydrogens is 437 g/mol. The maximum absolute atomic E-state index is 4.96. The maximum Gasteiger partial charge on any atom is 0.193 e. The van der Waals surface area contributed by atoms with Gasteiger partial charge in [-0.1, -0.05) is 24.3 Å². The Balaban J connectivity index is 0.00000196. The topological polar surface area (TPSA) is 45.5 Å². The van der Waals surface area contributed by atoms with Crippen LogP contribution in [0, 0.1) is 0 Å². The van der Waals surface area contributed by atoms with E-state index in [0.717, 1.165) is 38.6 Å². The third-order valence-corrected chi connectivity index (χ3v) is 5.44. The summed E-state index contributed by atoms with van der Waals surface area (Å²) in [6.07, 6.45) is 6.48. The standard InChI is InChI=1S/C20H27N5.HI/c1-3-21-20(22-11-17-10-15-6-4-5-7-19(15)17)25-9-8-16(14-25)18-12-23-24(2)13-18;/h4-7,12-13,16-17H,3,8-11,14H2,1-2H3,(H,21,22);1H. The minimum Gasteiger partial charge on any atom is -0.357 e. The van der Waals surface area contributed by atoms with Crippen LogP contribution in [0.3, 0.4) is 0 Å². The van der Waals surface area contributed by atoms with Crippen LogP contribution in [0.25, 0.3) is 0 Å². The molecule has 6 heteroatoms. The minimum absolute atomic E-state index is 0. The van der Waals surface area contributed by atoms with Gasteiger partial charge in [0.05, 0.1) is 6.20 Å². The van der Waals surface area contributed by atoms with E-state index in [9.17, 15) is 0 Å². The normalized spacial score (nSPS) is 21.8. The monoisotopic (exact) mass is 465 g/mol. The van der Waals surface area contributed by atoms with Crippen LogP contribution in [-0.2, 0) is 13.5 Å². The Morgan fingerprint density at radius 2 is 2.19 bits per heavy atom. The average Bonchev–Trinajstić information content (AvgIpc) is 3.23. The van der Waals surface area contributed by atoms with Crippen molar-refractivity contribution in [2.75, 3.05) is 26.2 Å². The lowest BCUT2D eigenvalue weighted by atomic mass is 9.78. The van der Waals surface area contributed by atoms with Gasteiger partial charge in [0, 0.05) is 51.3 Å². The molecule has 2 aliphatic rings. The molecule has 0 spiro atoms. The molecule has 2 unspecified atom stereocenters. The predicted molar refractivity (Wildman–Crippen MR) is 116 cm³/mol. The highest BCUT2D eigenvalue weighted by atomic mass is 127. The first-order chi connectivity index (χ1) is 12.2. The van der Waals surface area contributed by atoms with Gasteiger partial charge >= 0.3 is 0 Å². The third kappa shape index (κ3) is 3.89. The zero-order valence-corrected chi connectivity index (χ0v) is 17.9. The second-order valence-electron chi connectivity index (χ2n) is 7.17. The molecule has 1 N–H and O–H groups in total. The molecule has 1 fully saturated rings. The molecule has 2 atom stereocenters. The van der Waals surface area contributed by atoms with Crippen LogP contribution < -0.4 is 5.32 Å². The van der Waals surface area contributed by atoms with Crippen molar-refractivity contribution in [2.45, 2.75) is 31.6 Å². The SMILES string of the molecule is CCNC(=NCC1Cc2ccccc21)N1CCC(c2cnn(C)c2)C1.I. The summed E-state index contributed by atoms with van der Waals surface area (Å²) in [4.78, 5) is 7.37. The van der Waals surface area contributed by atoms with Gasteiger partial charge < -0.3 is 10.2 Å². The van der Waals surface area contributed by atoms with E-state index in [2.05, 4.69) is 52.7 Å². The molecule has 0 radical (unpaired) electrons. The van der Waals surface area contributed by atoms with E-state index >= 15 is 0 Å². The first-order valence-electron chi connectivity index (χ1n) is 9.34. The van der Waals surface area contributed by atoms with E-state index in [4.69, 9.17) is 4.99 Å². The van der Waals surface area contributed by atoms with E-state index in [1.165, 1.54) is 23.1 Å². The summed E-state index contributed by atoms with van der Waals surface area (Å²) in [5, 5.41) is 7.80. The number of aryl methyl sites for hydroxylation is 1. The van der Waals surface area contributed by atoms with Gasteiger partial charge in [0.1, 0.15) is 0 Å². The molecule has 140 valence electrons. The molecule has 26 heavy (non-hydrogen) atoms. The van der Waals surface area contributed by atoms with Crippen LogP contribution in [0.1, 0.15) is 41.9 Å². The second kappa shape index (κ2) is 8.41. The molecule has 0 bridgehead atoms. The third-order valence-electron chi connectivity index (χ3n) is 5.44. The summed E-state index contributed by atoms with van der Waals surface area (Å²) in [5.41, 5.74) is 4.32. The number of rotatable bonds is 4. The molecule has 1 aliphatic heterocycles. The quantitative estimate of drug-likeness (QED) is 0.429. The van der Waals surface area contributed by atoms with E-state index in [1.807, 2.05) is 17.9 Å². The van der Waals surface area contributed by atoms with Gasteiger partial charge in [-0.2, -0.15) is 5.10 Å². The number of nitrogens with one attached hydrogen (secondary N) is 1. The number of halogens is 1. The number of aromatic nitrogens is 2. The fourth-order valence-electron chi connectivity index (χ4n) is 4.02. The molecular formula is C20H28IN5. The Kier molecular flexibility index (Phi) is 6.21. The minimum atomic E-state index is 0. The highest BCUT2D eigenvalue weighted by Crippen LogP contribution is 2.35. The maximum atomic E-state index is 4.96. The Bertz CT molecular complexity index is 769. The van der Waals surface area contributed by atoms with Crippen molar-refractivity contribution in [3.63, 3.8) is 0 Å². The largest absolute Gasteiger partial charge is 0.357 e. The van der Waals surface area contributed by atoms with Crippen molar-refractivity contribution < 1.29 is 0 Å². The number of hydrogen-bond acceptors (Lipinski definition) is 2. The Morgan fingerprint density at radius 3 is 2.92 bits per heavy atom. The van der Waals surface area contributed by atoms with E-state index in [1.54, 1.807) is 0 Å². The number of aliphatic imine (C=N–C) groups is 1. The fourth-order valence-corrected chi connectivity index (χ4v) is 4.02. The zero-order valence-electron chi connectivity index (χ0n) is 15.6. The smallest absolute Gasteiger partial charge is 0.193 e. The van der Waals surface area contributed by atoms with Crippen LogP contribution >= 0.6 is 24.0 Å². The van der Waals surface area contributed by atoms with Gasteiger partial charge in [0.25, 0.3) is 0 Å². The van der Waals surface area contributed by atoms with Crippen LogP contribution in [0.2, 0.25) is 0 Å². The summed E-state index contributed by atoms with van der Waals surface area (Å²) >= 11 is 0. The van der Waals surface area contributed by atoms with Gasteiger partial charge in [0.15, 0.2) is 5.96 Å². The van der Waals surface area contributed by atoms with Crippen LogP contribution in [-0.4, -0.2) is 46.8 Å². The predicted octanol–water partition coefficient (Wildman–Crippen LogP) is 3.13. The first-order valence-corrected chi connectivity index (χ1v) is 9.34. The average molecular weight is 465 g/mol.